The van der Waals surface area contributed by atoms with Crippen LogP contribution in [-0.4, -0.2) is 52.1 Å². The van der Waals surface area contributed by atoms with Crippen LogP contribution in [0.2, 0.25) is 0 Å². The highest BCUT2D eigenvalue weighted by Crippen LogP contribution is 2.47. The average Bonchev–Trinajstić information content (AvgIpc) is 2.59. The fourth-order valence-corrected chi connectivity index (χ4v) is 3.91. The van der Waals surface area contributed by atoms with Crippen LogP contribution in [0.4, 0.5) is 0 Å². The molecule has 1 N–H and O–H groups in total. The summed E-state index contributed by atoms with van der Waals surface area (Å²) in [6.45, 7) is 15.7. The number of nitrogens with one attached hydrogen (secondary N) is 1. The Kier molecular flexibility index (Phi) is 10.0. The van der Waals surface area contributed by atoms with Crippen LogP contribution in [0.1, 0.15) is 67.2 Å². The van der Waals surface area contributed by atoms with E-state index in [2.05, 4.69) is 46.9 Å². The molecule has 1 unspecified atom stereocenters. The van der Waals surface area contributed by atoms with E-state index in [9.17, 15) is 0 Å². The van der Waals surface area contributed by atoms with E-state index < -0.39 is 5.79 Å². The SMILES string of the molecule is CCOC1(OC(C)CNCC(OC)OC)CCC(C(C)(C)C(C)C)CC1. The van der Waals surface area contributed by atoms with Gasteiger partial charge in [0.2, 0.25) is 0 Å². The third-order valence-corrected chi connectivity index (χ3v) is 6.38. The van der Waals surface area contributed by atoms with E-state index in [4.69, 9.17) is 18.9 Å². The molecular formula is C21H43NO4. The number of methoxy groups -OCH3 is 2. The van der Waals surface area contributed by atoms with Gasteiger partial charge in [-0.15, -0.1) is 0 Å². The zero-order valence-corrected chi connectivity index (χ0v) is 18.4. The van der Waals surface area contributed by atoms with Crippen molar-refractivity contribution in [3.05, 3.63) is 0 Å². The maximum absolute atomic E-state index is 6.42. The predicted molar refractivity (Wildman–Crippen MR) is 106 cm³/mol. The maximum atomic E-state index is 6.42. The van der Waals surface area contributed by atoms with Crippen LogP contribution in [0.15, 0.2) is 0 Å². The van der Waals surface area contributed by atoms with E-state index in [-0.39, 0.29) is 12.4 Å². The molecule has 1 aliphatic rings. The second kappa shape index (κ2) is 11.0. The molecule has 0 bridgehead atoms. The number of hydrogen-bond donors (Lipinski definition) is 1. The van der Waals surface area contributed by atoms with E-state index in [0.29, 0.717) is 24.5 Å². The highest BCUT2D eigenvalue weighted by atomic mass is 16.7. The van der Waals surface area contributed by atoms with Gasteiger partial charge in [-0.05, 0) is 43.9 Å². The molecule has 0 spiro atoms. The second-order valence-electron chi connectivity index (χ2n) is 8.58. The highest BCUT2D eigenvalue weighted by Gasteiger charge is 2.43. The monoisotopic (exact) mass is 373 g/mol. The van der Waals surface area contributed by atoms with Gasteiger partial charge in [-0.2, -0.15) is 0 Å². The number of hydrogen-bond acceptors (Lipinski definition) is 5. The quantitative estimate of drug-likeness (QED) is 0.519. The predicted octanol–water partition coefficient (Wildman–Crippen LogP) is 4.21. The third kappa shape index (κ3) is 6.75. The van der Waals surface area contributed by atoms with Gasteiger partial charge in [-0.3, -0.25) is 0 Å². The second-order valence-corrected chi connectivity index (χ2v) is 8.58. The Balaban J connectivity index is 2.55. The molecule has 1 aliphatic carbocycles. The van der Waals surface area contributed by atoms with Crippen molar-refractivity contribution < 1.29 is 18.9 Å². The lowest BCUT2D eigenvalue weighted by Crippen LogP contribution is -2.47. The summed E-state index contributed by atoms with van der Waals surface area (Å²) < 4.78 is 23.0. The van der Waals surface area contributed by atoms with Crippen molar-refractivity contribution in [1.29, 1.82) is 0 Å². The van der Waals surface area contributed by atoms with Gasteiger partial charge < -0.3 is 24.3 Å². The van der Waals surface area contributed by atoms with Crippen LogP contribution >= 0.6 is 0 Å². The van der Waals surface area contributed by atoms with Crippen LogP contribution in [0.3, 0.4) is 0 Å². The van der Waals surface area contributed by atoms with Crippen molar-refractivity contribution in [2.75, 3.05) is 33.9 Å². The summed E-state index contributed by atoms with van der Waals surface area (Å²) in [4.78, 5) is 0. The Morgan fingerprint density at radius 1 is 1.04 bits per heavy atom. The molecule has 5 nitrogen and oxygen atoms in total. The van der Waals surface area contributed by atoms with Crippen molar-refractivity contribution in [3.8, 4) is 0 Å². The molecule has 0 aromatic heterocycles. The molecule has 0 aromatic carbocycles. The van der Waals surface area contributed by atoms with E-state index >= 15 is 0 Å². The van der Waals surface area contributed by atoms with Gasteiger partial charge in [0.15, 0.2) is 12.1 Å². The Hall–Kier alpha value is -0.200. The van der Waals surface area contributed by atoms with Crippen molar-refractivity contribution in [1.82, 2.24) is 5.32 Å². The Labute approximate surface area is 161 Å². The van der Waals surface area contributed by atoms with E-state index in [1.54, 1.807) is 14.2 Å². The Bertz CT molecular complexity index is 374. The van der Waals surface area contributed by atoms with Gasteiger partial charge in [0, 0.05) is 46.8 Å². The van der Waals surface area contributed by atoms with Crippen LogP contribution < -0.4 is 5.32 Å². The van der Waals surface area contributed by atoms with E-state index in [0.717, 1.165) is 25.3 Å². The maximum Gasteiger partial charge on any atom is 0.169 e. The molecule has 0 heterocycles. The van der Waals surface area contributed by atoms with E-state index in [1.807, 2.05) is 0 Å². The van der Waals surface area contributed by atoms with Crippen LogP contribution in [0.25, 0.3) is 0 Å². The first-order chi connectivity index (χ1) is 12.2. The summed E-state index contributed by atoms with van der Waals surface area (Å²) in [7, 11) is 3.30. The van der Waals surface area contributed by atoms with Crippen LogP contribution in [-0.2, 0) is 18.9 Å². The minimum atomic E-state index is -0.429. The zero-order chi connectivity index (χ0) is 19.8. The average molecular weight is 374 g/mol. The molecule has 0 aromatic rings. The van der Waals surface area contributed by atoms with Gasteiger partial charge in [-0.25, -0.2) is 0 Å². The summed E-state index contributed by atoms with van der Waals surface area (Å²) >= 11 is 0. The first-order valence-corrected chi connectivity index (χ1v) is 10.3. The fourth-order valence-electron chi connectivity index (χ4n) is 3.91. The Morgan fingerprint density at radius 2 is 1.62 bits per heavy atom. The summed E-state index contributed by atoms with van der Waals surface area (Å²) in [6, 6.07) is 0. The van der Waals surface area contributed by atoms with Crippen molar-refractivity contribution in [2.45, 2.75) is 85.4 Å². The molecule has 0 aliphatic heterocycles. The lowest BCUT2D eigenvalue weighted by atomic mass is 9.64. The molecule has 0 amide bonds. The lowest BCUT2D eigenvalue weighted by Gasteiger charge is -2.47. The van der Waals surface area contributed by atoms with Crippen molar-refractivity contribution in [2.24, 2.45) is 17.3 Å². The molecule has 156 valence electrons. The Morgan fingerprint density at radius 3 is 2.08 bits per heavy atom. The number of ether oxygens (including phenoxy) is 4. The van der Waals surface area contributed by atoms with Gasteiger partial charge in [-0.1, -0.05) is 27.7 Å². The molecule has 26 heavy (non-hydrogen) atoms. The highest BCUT2D eigenvalue weighted by molar-refractivity contribution is 4.89. The topological polar surface area (TPSA) is 49.0 Å². The van der Waals surface area contributed by atoms with Crippen LogP contribution in [0.5, 0.6) is 0 Å². The summed E-state index contributed by atoms with van der Waals surface area (Å²) in [5, 5.41) is 3.35. The zero-order valence-electron chi connectivity index (χ0n) is 18.4. The van der Waals surface area contributed by atoms with Gasteiger partial charge in [0.25, 0.3) is 0 Å². The van der Waals surface area contributed by atoms with E-state index in [1.165, 1.54) is 12.8 Å². The fraction of sp³-hybridized carbons (Fsp3) is 1.00. The molecule has 0 saturated heterocycles. The minimum Gasteiger partial charge on any atom is -0.355 e. The van der Waals surface area contributed by atoms with Gasteiger partial charge >= 0.3 is 0 Å². The summed E-state index contributed by atoms with van der Waals surface area (Å²) in [6.07, 6.45) is 4.14. The smallest absolute Gasteiger partial charge is 0.169 e. The molecule has 1 saturated carbocycles. The normalized spacial score (nSPS) is 25.8. The first-order valence-electron chi connectivity index (χ1n) is 10.3. The largest absolute Gasteiger partial charge is 0.355 e. The summed E-state index contributed by atoms with van der Waals surface area (Å²) in [5.41, 5.74) is 0.362. The molecule has 5 heteroatoms. The van der Waals surface area contributed by atoms with Crippen LogP contribution in [0, 0.1) is 17.3 Å². The molecule has 0 radical (unpaired) electrons. The lowest BCUT2D eigenvalue weighted by molar-refractivity contribution is -0.274. The number of rotatable bonds is 12. The minimum absolute atomic E-state index is 0.0746. The molecule has 1 fully saturated rings. The molecule has 1 rings (SSSR count). The van der Waals surface area contributed by atoms with Gasteiger partial charge in [0.1, 0.15) is 0 Å². The molecule has 1 atom stereocenters. The standard InChI is InChI=1S/C21H43NO4/c1-9-25-21(26-17(4)14-22-15-19(23-7)24-8)12-10-18(11-13-21)20(5,6)16(2)3/h16-19,22H,9-15H2,1-8H3. The van der Waals surface area contributed by atoms with Gasteiger partial charge in [0.05, 0.1) is 6.10 Å². The molecular weight excluding hydrogens is 330 g/mol. The van der Waals surface area contributed by atoms with Crippen molar-refractivity contribution in [3.63, 3.8) is 0 Å². The first kappa shape index (κ1) is 23.8. The van der Waals surface area contributed by atoms with Crippen molar-refractivity contribution >= 4 is 0 Å². The summed E-state index contributed by atoms with van der Waals surface area (Å²) in [5.74, 6) is 0.990. The third-order valence-electron chi connectivity index (χ3n) is 6.38.